The molecule has 0 saturated heterocycles. The number of nitrogen functional groups attached to an aromatic ring is 1. The molecule has 4 rings (SSSR count). The molecule has 1 fully saturated rings. The summed E-state index contributed by atoms with van der Waals surface area (Å²) in [7, 11) is 0. The predicted molar refractivity (Wildman–Crippen MR) is 129 cm³/mol. The molecule has 0 spiro atoms. The number of hydrogen-bond donors (Lipinski definition) is 3. The third-order valence-corrected chi connectivity index (χ3v) is 7.28. The number of halogens is 2. The van der Waals surface area contributed by atoms with Gasteiger partial charge in [-0.2, -0.15) is 0 Å². The van der Waals surface area contributed by atoms with Crippen LogP contribution < -0.4 is 5.73 Å². The Balaban J connectivity index is 1.63. The van der Waals surface area contributed by atoms with E-state index in [9.17, 15) is 23.8 Å². The molecule has 1 saturated carbocycles. The highest BCUT2D eigenvalue weighted by Crippen LogP contribution is 2.44. The lowest BCUT2D eigenvalue weighted by Gasteiger charge is -2.45. The van der Waals surface area contributed by atoms with E-state index in [1.54, 1.807) is 12.4 Å². The molecule has 1 aliphatic rings. The molecule has 184 valence electrons. The van der Waals surface area contributed by atoms with E-state index < -0.39 is 29.1 Å². The molecule has 0 bridgehead atoms. The Morgan fingerprint density at radius 2 is 1.89 bits per heavy atom. The van der Waals surface area contributed by atoms with Crippen molar-refractivity contribution >= 4 is 11.5 Å². The van der Waals surface area contributed by atoms with Gasteiger partial charge >= 0.3 is 0 Å². The van der Waals surface area contributed by atoms with E-state index in [0.29, 0.717) is 24.8 Å². The smallest absolute Gasteiger partial charge is 0.187 e. The average Bonchev–Trinajstić information content (AvgIpc) is 2.83. The summed E-state index contributed by atoms with van der Waals surface area (Å²) < 4.78 is 28.6. The van der Waals surface area contributed by atoms with Crippen molar-refractivity contribution in [1.29, 1.82) is 0 Å². The minimum absolute atomic E-state index is 0.0207. The van der Waals surface area contributed by atoms with Gasteiger partial charge in [-0.25, -0.2) is 13.8 Å². The lowest BCUT2D eigenvalue weighted by atomic mass is 9.66. The summed E-state index contributed by atoms with van der Waals surface area (Å²) in [6.07, 6.45) is 3.74. The summed E-state index contributed by atoms with van der Waals surface area (Å²) in [5.74, 6) is -2.19. The molecule has 8 heteroatoms. The second kappa shape index (κ2) is 9.79. The number of Topliss-reactive ketones (excluding diaryl/α,β-unsaturated/α-hetero) is 1. The fourth-order valence-electron chi connectivity index (χ4n) is 5.18. The first-order valence-corrected chi connectivity index (χ1v) is 11.7. The topological polar surface area (TPSA) is 109 Å². The Hall–Kier alpha value is -3.23. The quantitative estimate of drug-likeness (QED) is 0.449. The summed E-state index contributed by atoms with van der Waals surface area (Å²) in [5, 5.41) is 21.5. The van der Waals surface area contributed by atoms with Gasteiger partial charge < -0.3 is 15.9 Å². The zero-order valence-corrected chi connectivity index (χ0v) is 19.7. The summed E-state index contributed by atoms with van der Waals surface area (Å²) >= 11 is 0. The van der Waals surface area contributed by atoms with Crippen LogP contribution in [-0.4, -0.2) is 37.7 Å². The second-order valence-electron chi connectivity index (χ2n) is 9.34. The number of aliphatic hydroxyl groups excluding tert-OH is 1. The van der Waals surface area contributed by atoms with Crippen LogP contribution in [0.4, 0.5) is 14.5 Å². The number of anilines is 1. The Morgan fingerprint density at radius 1 is 1.17 bits per heavy atom. The second-order valence-corrected chi connectivity index (χ2v) is 9.34. The lowest BCUT2D eigenvalue weighted by Crippen LogP contribution is -2.51. The van der Waals surface area contributed by atoms with Gasteiger partial charge in [0.1, 0.15) is 17.3 Å². The van der Waals surface area contributed by atoms with Gasteiger partial charge in [0.05, 0.1) is 28.6 Å². The van der Waals surface area contributed by atoms with E-state index in [-0.39, 0.29) is 40.9 Å². The third-order valence-electron chi connectivity index (χ3n) is 7.28. The summed E-state index contributed by atoms with van der Waals surface area (Å²) in [5.41, 5.74) is 6.09. The first-order chi connectivity index (χ1) is 16.7. The molecule has 2 heterocycles. The van der Waals surface area contributed by atoms with Crippen LogP contribution in [0.1, 0.15) is 60.6 Å². The van der Waals surface area contributed by atoms with Crippen molar-refractivity contribution in [1.82, 2.24) is 9.97 Å². The van der Waals surface area contributed by atoms with Crippen molar-refractivity contribution in [3.8, 4) is 11.3 Å². The van der Waals surface area contributed by atoms with Crippen LogP contribution in [0.3, 0.4) is 0 Å². The van der Waals surface area contributed by atoms with Crippen molar-refractivity contribution in [2.75, 3.05) is 5.73 Å². The number of aromatic nitrogens is 2. The summed E-state index contributed by atoms with van der Waals surface area (Å²) in [6.45, 7) is 3.78. The molecule has 0 aliphatic heterocycles. The van der Waals surface area contributed by atoms with Gasteiger partial charge in [-0.05, 0) is 72.6 Å². The maximum atomic E-state index is 14.3. The van der Waals surface area contributed by atoms with Crippen LogP contribution in [0.2, 0.25) is 0 Å². The van der Waals surface area contributed by atoms with Crippen molar-refractivity contribution in [2.45, 2.75) is 57.2 Å². The van der Waals surface area contributed by atoms with Gasteiger partial charge in [-0.1, -0.05) is 19.9 Å². The van der Waals surface area contributed by atoms with Crippen LogP contribution in [0.15, 0.2) is 48.8 Å². The third kappa shape index (κ3) is 4.68. The SMILES string of the molecule is CC[C@]1(O)[C@H](O)C[C@H](c2ccncc2CC(=O)c2nc(-c3c(F)cccc3F)ccc2N)C[C@@H]1C. The number of aliphatic hydroxyl groups is 2. The van der Waals surface area contributed by atoms with E-state index in [1.807, 2.05) is 19.9 Å². The fraction of sp³-hybridized carbons (Fsp3) is 0.370. The number of nitrogens with zero attached hydrogens (tertiary/aromatic N) is 2. The van der Waals surface area contributed by atoms with Crippen molar-refractivity contribution in [3.63, 3.8) is 0 Å². The fourth-order valence-corrected chi connectivity index (χ4v) is 5.18. The minimum Gasteiger partial charge on any atom is -0.397 e. The molecule has 2 aromatic heterocycles. The van der Waals surface area contributed by atoms with E-state index in [0.717, 1.165) is 17.7 Å². The Kier molecular flexibility index (Phi) is 6.96. The first kappa shape index (κ1) is 24.9. The Morgan fingerprint density at radius 3 is 2.54 bits per heavy atom. The van der Waals surface area contributed by atoms with Gasteiger partial charge in [-0.15, -0.1) is 0 Å². The Labute approximate surface area is 202 Å². The molecule has 3 aromatic rings. The molecule has 4 N–H and O–H groups in total. The van der Waals surface area contributed by atoms with Crippen LogP contribution in [0, 0.1) is 17.6 Å². The highest BCUT2D eigenvalue weighted by atomic mass is 19.1. The largest absolute Gasteiger partial charge is 0.397 e. The summed E-state index contributed by atoms with van der Waals surface area (Å²) in [6, 6.07) is 8.12. The molecule has 1 aliphatic carbocycles. The van der Waals surface area contributed by atoms with Crippen molar-refractivity contribution in [2.24, 2.45) is 5.92 Å². The van der Waals surface area contributed by atoms with Gasteiger partial charge in [0.2, 0.25) is 0 Å². The van der Waals surface area contributed by atoms with Gasteiger partial charge in [0.15, 0.2) is 5.78 Å². The monoisotopic (exact) mass is 481 g/mol. The molecule has 0 radical (unpaired) electrons. The van der Waals surface area contributed by atoms with E-state index in [1.165, 1.54) is 18.2 Å². The normalized spacial score (nSPS) is 24.3. The number of nitrogens with two attached hydrogens (primary N) is 1. The molecule has 0 amide bonds. The zero-order valence-electron chi connectivity index (χ0n) is 19.7. The van der Waals surface area contributed by atoms with Crippen LogP contribution in [0.25, 0.3) is 11.3 Å². The highest BCUT2D eigenvalue weighted by molar-refractivity contribution is 6.00. The molecule has 1 aromatic carbocycles. The minimum atomic E-state index is -1.14. The van der Waals surface area contributed by atoms with E-state index in [2.05, 4.69) is 9.97 Å². The number of hydrogen-bond acceptors (Lipinski definition) is 6. The number of carbonyl (C=O) groups is 1. The molecular formula is C27H29F2N3O3. The van der Waals surface area contributed by atoms with Crippen molar-refractivity contribution < 1.29 is 23.8 Å². The van der Waals surface area contributed by atoms with Crippen LogP contribution in [0.5, 0.6) is 0 Å². The highest BCUT2D eigenvalue weighted by Gasteiger charge is 2.45. The van der Waals surface area contributed by atoms with Crippen molar-refractivity contribution in [3.05, 3.63) is 77.2 Å². The molecule has 35 heavy (non-hydrogen) atoms. The average molecular weight is 482 g/mol. The maximum absolute atomic E-state index is 14.3. The number of rotatable bonds is 6. The Bertz CT molecular complexity index is 1220. The van der Waals surface area contributed by atoms with Gasteiger partial charge in [0, 0.05) is 18.8 Å². The van der Waals surface area contributed by atoms with E-state index >= 15 is 0 Å². The van der Waals surface area contributed by atoms with Crippen LogP contribution >= 0.6 is 0 Å². The molecular weight excluding hydrogens is 452 g/mol. The molecule has 6 nitrogen and oxygen atoms in total. The standard InChI is InChI=1S/C27H29F2N3O3/c1-3-27(35)15(2)11-16(13-24(27)34)18-9-10-31-14-17(18)12-23(33)26-21(30)7-8-22(32-26)25-19(28)5-4-6-20(25)29/h4-10,14-16,24,34-35H,3,11-13,30H2,1-2H3/t15-,16+,24+,27+/m0/s1. The lowest BCUT2D eigenvalue weighted by molar-refractivity contribution is -0.138. The molecule has 0 unspecified atom stereocenters. The van der Waals surface area contributed by atoms with Gasteiger partial charge in [-0.3, -0.25) is 9.78 Å². The number of benzene rings is 1. The molecule has 4 atom stereocenters. The first-order valence-electron chi connectivity index (χ1n) is 11.7. The number of carbonyl (C=O) groups excluding carboxylic acids is 1. The zero-order chi connectivity index (χ0) is 25.3. The predicted octanol–water partition coefficient (Wildman–Crippen LogP) is 4.44. The number of ketones is 1. The maximum Gasteiger partial charge on any atom is 0.187 e. The summed E-state index contributed by atoms with van der Waals surface area (Å²) in [4.78, 5) is 21.6. The number of pyridine rings is 2. The van der Waals surface area contributed by atoms with Gasteiger partial charge in [0.25, 0.3) is 0 Å². The van der Waals surface area contributed by atoms with Crippen LogP contribution in [-0.2, 0) is 6.42 Å². The van der Waals surface area contributed by atoms with E-state index in [4.69, 9.17) is 5.73 Å².